The SMILES string of the molecule is c1ccc2c(c1)CC[C@H](NN1CCOCC1)C2. The first kappa shape index (κ1) is 11.2. The summed E-state index contributed by atoms with van der Waals surface area (Å²) in [7, 11) is 0. The lowest BCUT2D eigenvalue weighted by atomic mass is 9.89. The first-order valence-corrected chi connectivity index (χ1v) is 6.57. The number of hydrazine groups is 1. The predicted molar refractivity (Wildman–Crippen MR) is 67.8 cm³/mol. The van der Waals surface area contributed by atoms with Crippen molar-refractivity contribution in [2.45, 2.75) is 25.3 Å². The second-order valence-electron chi connectivity index (χ2n) is 4.94. The summed E-state index contributed by atoms with van der Waals surface area (Å²) in [6.07, 6.45) is 3.61. The Balaban J connectivity index is 1.60. The summed E-state index contributed by atoms with van der Waals surface area (Å²) in [5.74, 6) is 0. The van der Waals surface area contributed by atoms with Gasteiger partial charge in [-0.1, -0.05) is 24.3 Å². The van der Waals surface area contributed by atoms with E-state index in [-0.39, 0.29) is 0 Å². The number of nitrogens with zero attached hydrogens (tertiary/aromatic N) is 1. The van der Waals surface area contributed by atoms with Crippen LogP contribution in [0.25, 0.3) is 0 Å². The van der Waals surface area contributed by atoms with Crippen LogP contribution in [0.15, 0.2) is 24.3 Å². The van der Waals surface area contributed by atoms with Gasteiger partial charge in [0.1, 0.15) is 0 Å². The monoisotopic (exact) mass is 232 g/mol. The second-order valence-corrected chi connectivity index (χ2v) is 4.94. The minimum absolute atomic E-state index is 0.600. The lowest BCUT2D eigenvalue weighted by Crippen LogP contribution is -2.51. The van der Waals surface area contributed by atoms with Gasteiger partial charge in [-0.2, -0.15) is 0 Å². The minimum atomic E-state index is 0.600. The van der Waals surface area contributed by atoms with Crippen molar-refractivity contribution in [2.24, 2.45) is 0 Å². The van der Waals surface area contributed by atoms with Crippen molar-refractivity contribution in [3.63, 3.8) is 0 Å². The number of ether oxygens (including phenoxy) is 1. The summed E-state index contributed by atoms with van der Waals surface area (Å²) in [6, 6.07) is 9.43. The van der Waals surface area contributed by atoms with Crippen LogP contribution < -0.4 is 5.43 Å². The van der Waals surface area contributed by atoms with Gasteiger partial charge in [-0.05, 0) is 30.4 Å². The van der Waals surface area contributed by atoms with E-state index in [1.54, 1.807) is 0 Å². The fourth-order valence-electron chi connectivity index (χ4n) is 2.76. The molecule has 1 atom stereocenters. The van der Waals surface area contributed by atoms with Gasteiger partial charge >= 0.3 is 0 Å². The van der Waals surface area contributed by atoms with Crippen molar-refractivity contribution in [2.75, 3.05) is 26.3 Å². The zero-order valence-corrected chi connectivity index (χ0v) is 10.2. The highest BCUT2D eigenvalue weighted by molar-refractivity contribution is 5.30. The van der Waals surface area contributed by atoms with Gasteiger partial charge in [-0.3, -0.25) is 5.43 Å². The van der Waals surface area contributed by atoms with E-state index in [9.17, 15) is 0 Å². The highest BCUT2D eigenvalue weighted by atomic mass is 16.5. The van der Waals surface area contributed by atoms with Crippen molar-refractivity contribution in [3.8, 4) is 0 Å². The smallest absolute Gasteiger partial charge is 0.0608 e. The molecule has 1 aliphatic heterocycles. The van der Waals surface area contributed by atoms with Crippen LogP contribution in [0, 0.1) is 0 Å². The topological polar surface area (TPSA) is 24.5 Å². The Morgan fingerprint density at radius 2 is 1.88 bits per heavy atom. The van der Waals surface area contributed by atoms with E-state index in [4.69, 9.17) is 4.74 Å². The highest BCUT2D eigenvalue weighted by Gasteiger charge is 2.20. The first-order valence-electron chi connectivity index (χ1n) is 6.57. The normalized spacial score (nSPS) is 25.5. The maximum atomic E-state index is 5.36. The maximum absolute atomic E-state index is 5.36. The van der Waals surface area contributed by atoms with Crippen LogP contribution >= 0.6 is 0 Å². The lowest BCUT2D eigenvalue weighted by Gasteiger charge is -2.34. The molecular weight excluding hydrogens is 212 g/mol. The molecule has 17 heavy (non-hydrogen) atoms. The summed E-state index contributed by atoms with van der Waals surface area (Å²) >= 11 is 0. The molecule has 3 rings (SSSR count). The predicted octanol–water partition coefficient (Wildman–Crippen LogP) is 1.38. The number of nitrogens with one attached hydrogen (secondary N) is 1. The number of benzene rings is 1. The maximum Gasteiger partial charge on any atom is 0.0608 e. The molecule has 0 unspecified atom stereocenters. The van der Waals surface area contributed by atoms with Crippen LogP contribution in [0.1, 0.15) is 17.5 Å². The Hall–Kier alpha value is -0.900. The van der Waals surface area contributed by atoms with E-state index < -0.39 is 0 Å². The van der Waals surface area contributed by atoms with Crippen molar-refractivity contribution in [1.82, 2.24) is 10.4 Å². The molecule has 0 saturated carbocycles. The third kappa shape index (κ3) is 2.68. The van der Waals surface area contributed by atoms with Gasteiger partial charge < -0.3 is 4.74 Å². The minimum Gasteiger partial charge on any atom is -0.379 e. The van der Waals surface area contributed by atoms with Crippen LogP contribution in [0.2, 0.25) is 0 Å². The molecule has 1 heterocycles. The van der Waals surface area contributed by atoms with E-state index in [1.165, 1.54) is 24.0 Å². The van der Waals surface area contributed by atoms with Crippen LogP contribution in [-0.4, -0.2) is 37.4 Å². The Bertz CT molecular complexity index is 374. The third-order valence-electron chi connectivity index (χ3n) is 3.72. The molecule has 1 aliphatic carbocycles. The largest absolute Gasteiger partial charge is 0.379 e. The molecule has 92 valence electrons. The molecule has 0 amide bonds. The summed E-state index contributed by atoms with van der Waals surface area (Å²) in [5, 5.41) is 2.32. The molecule has 1 N–H and O–H groups in total. The van der Waals surface area contributed by atoms with Crippen LogP contribution in [0.4, 0.5) is 0 Å². The fraction of sp³-hybridized carbons (Fsp3) is 0.571. The van der Waals surface area contributed by atoms with E-state index in [0.717, 1.165) is 32.7 Å². The Morgan fingerprint density at radius 3 is 2.71 bits per heavy atom. The highest BCUT2D eigenvalue weighted by Crippen LogP contribution is 2.21. The van der Waals surface area contributed by atoms with Gasteiger partial charge in [-0.15, -0.1) is 0 Å². The van der Waals surface area contributed by atoms with E-state index in [1.807, 2.05) is 0 Å². The molecule has 3 heteroatoms. The quantitative estimate of drug-likeness (QED) is 0.833. The Kier molecular flexibility index (Phi) is 3.41. The van der Waals surface area contributed by atoms with Crippen LogP contribution in [0.5, 0.6) is 0 Å². The van der Waals surface area contributed by atoms with Crippen LogP contribution in [-0.2, 0) is 17.6 Å². The van der Waals surface area contributed by atoms with Crippen molar-refractivity contribution >= 4 is 0 Å². The van der Waals surface area contributed by atoms with E-state index in [2.05, 4.69) is 34.7 Å². The summed E-state index contributed by atoms with van der Waals surface area (Å²) in [6.45, 7) is 3.74. The molecule has 0 aromatic heterocycles. The van der Waals surface area contributed by atoms with Crippen LogP contribution in [0.3, 0.4) is 0 Å². The molecule has 0 spiro atoms. The van der Waals surface area contributed by atoms with Gasteiger partial charge in [0.25, 0.3) is 0 Å². The van der Waals surface area contributed by atoms with Crippen molar-refractivity contribution in [1.29, 1.82) is 0 Å². The summed E-state index contributed by atoms with van der Waals surface area (Å²) < 4.78 is 5.36. The Labute approximate surface area is 103 Å². The molecule has 3 nitrogen and oxygen atoms in total. The molecule has 1 aromatic carbocycles. The summed E-state index contributed by atoms with van der Waals surface area (Å²) in [4.78, 5) is 0. The summed E-state index contributed by atoms with van der Waals surface area (Å²) in [5.41, 5.74) is 6.70. The average Bonchev–Trinajstić information content (AvgIpc) is 2.40. The number of aryl methyl sites for hydroxylation is 1. The Morgan fingerprint density at radius 1 is 1.12 bits per heavy atom. The van der Waals surface area contributed by atoms with Gasteiger partial charge in [0, 0.05) is 19.1 Å². The molecule has 1 saturated heterocycles. The molecule has 1 aromatic rings. The zero-order chi connectivity index (χ0) is 11.5. The first-order chi connectivity index (χ1) is 8.42. The van der Waals surface area contributed by atoms with Gasteiger partial charge in [0.2, 0.25) is 0 Å². The average molecular weight is 232 g/mol. The second kappa shape index (κ2) is 5.17. The van der Waals surface area contributed by atoms with Gasteiger partial charge in [0.15, 0.2) is 0 Å². The van der Waals surface area contributed by atoms with E-state index in [0.29, 0.717) is 6.04 Å². The number of fused-ring (bicyclic) bond motifs is 1. The van der Waals surface area contributed by atoms with Crippen molar-refractivity contribution in [3.05, 3.63) is 35.4 Å². The standard InChI is InChI=1S/C14H20N2O/c1-2-4-13-11-14(6-5-12(13)3-1)15-16-7-9-17-10-8-16/h1-4,14-15H,5-11H2/t14-/m0/s1. The lowest BCUT2D eigenvalue weighted by molar-refractivity contribution is 0.00246. The fourth-order valence-corrected chi connectivity index (χ4v) is 2.76. The van der Waals surface area contributed by atoms with Crippen molar-refractivity contribution < 1.29 is 4.74 Å². The third-order valence-corrected chi connectivity index (χ3v) is 3.72. The number of hydrogen-bond donors (Lipinski definition) is 1. The molecular formula is C14H20N2O. The zero-order valence-electron chi connectivity index (χ0n) is 10.2. The number of hydrogen-bond acceptors (Lipinski definition) is 3. The molecule has 0 bridgehead atoms. The van der Waals surface area contributed by atoms with Gasteiger partial charge in [-0.25, -0.2) is 5.01 Å². The number of morpholine rings is 1. The van der Waals surface area contributed by atoms with E-state index >= 15 is 0 Å². The molecule has 0 radical (unpaired) electrons. The molecule has 1 fully saturated rings. The number of rotatable bonds is 2. The molecule has 2 aliphatic rings. The van der Waals surface area contributed by atoms with Gasteiger partial charge in [0.05, 0.1) is 13.2 Å².